The minimum Gasteiger partial charge on any atom is -0.368 e. The second-order valence-electron chi connectivity index (χ2n) is 5.62. The van der Waals surface area contributed by atoms with Gasteiger partial charge in [-0.1, -0.05) is 48.5 Å². The number of aromatic nitrogens is 2. The van der Waals surface area contributed by atoms with Crippen molar-refractivity contribution in [1.82, 2.24) is 9.97 Å². The fraction of sp³-hybridized carbons (Fsp3) is 0.158. The first-order valence-electron chi connectivity index (χ1n) is 7.74. The van der Waals surface area contributed by atoms with Gasteiger partial charge in [-0.2, -0.15) is 4.98 Å². The third-order valence-corrected chi connectivity index (χ3v) is 3.26. The van der Waals surface area contributed by atoms with Crippen molar-refractivity contribution in [3.63, 3.8) is 0 Å². The molecule has 23 heavy (non-hydrogen) atoms. The van der Waals surface area contributed by atoms with E-state index < -0.39 is 0 Å². The van der Waals surface area contributed by atoms with Gasteiger partial charge in [0.1, 0.15) is 5.82 Å². The quantitative estimate of drug-likeness (QED) is 0.717. The van der Waals surface area contributed by atoms with Gasteiger partial charge in [-0.3, -0.25) is 0 Å². The van der Waals surface area contributed by atoms with Crippen LogP contribution >= 0.6 is 0 Å². The largest absolute Gasteiger partial charge is 0.368 e. The fourth-order valence-corrected chi connectivity index (χ4v) is 2.28. The Labute approximate surface area is 136 Å². The van der Waals surface area contributed by atoms with Crippen LogP contribution in [0.15, 0.2) is 66.7 Å². The van der Waals surface area contributed by atoms with E-state index in [0.29, 0.717) is 12.0 Å². The monoisotopic (exact) mass is 304 g/mol. The zero-order valence-corrected chi connectivity index (χ0v) is 13.3. The summed E-state index contributed by atoms with van der Waals surface area (Å²) in [6, 6.07) is 22.3. The van der Waals surface area contributed by atoms with E-state index in [-0.39, 0.29) is 0 Å². The van der Waals surface area contributed by atoms with Crippen molar-refractivity contribution in [3.05, 3.63) is 66.7 Å². The van der Waals surface area contributed by atoms with E-state index >= 15 is 0 Å². The van der Waals surface area contributed by atoms with E-state index in [2.05, 4.69) is 34.4 Å². The maximum absolute atomic E-state index is 4.64. The molecule has 1 aromatic heterocycles. The predicted octanol–water partition coefficient (Wildman–Crippen LogP) is 4.71. The zero-order chi connectivity index (χ0) is 16.1. The van der Waals surface area contributed by atoms with Gasteiger partial charge in [0.05, 0.1) is 5.69 Å². The van der Waals surface area contributed by atoms with E-state index in [1.54, 1.807) is 0 Å². The fourth-order valence-electron chi connectivity index (χ4n) is 2.28. The van der Waals surface area contributed by atoms with Gasteiger partial charge < -0.3 is 10.6 Å². The van der Waals surface area contributed by atoms with E-state index in [0.717, 1.165) is 22.8 Å². The Morgan fingerprint density at radius 2 is 1.48 bits per heavy atom. The lowest BCUT2D eigenvalue weighted by molar-refractivity contribution is 0.887. The highest BCUT2D eigenvalue weighted by Crippen LogP contribution is 2.23. The highest BCUT2D eigenvalue weighted by molar-refractivity contribution is 5.66. The molecule has 116 valence electrons. The Hall–Kier alpha value is -2.88. The molecule has 0 fully saturated rings. The molecule has 0 amide bonds. The minimum absolute atomic E-state index is 0.304. The first-order chi connectivity index (χ1) is 11.2. The summed E-state index contributed by atoms with van der Waals surface area (Å²) in [7, 11) is 0. The van der Waals surface area contributed by atoms with Crippen molar-refractivity contribution in [2.24, 2.45) is 0 Å². The third kappa shape index (κ3) is 4.07. The van der Waals surface area contributed by atoms with E-state index in [1.807, 2.05) is 66.7 Å². The van der Waals surface area contributed by atoms with Gasteiger partial charge in [0.15, 0.2) is 0 Å². The molecule has 2 N–H and O–H groups in total. The number of nitrogens with zero attached hydrogens (tertiary/aromatic N) is 2. The molecular formula is C19H20N4. The Kier molecular flexibility index (Phi) is 4.52. The summed E-state index contributed by atoms with van der Waals surface area (Å²) in [5.74, 6) is 1.40. The Morgan fingerprint density at radius 1 is 0.826 bits per heavy atom. The molecule has 0 bridgehead atoms. The molecule has 0 aliphatic carbocycles. The van der Waals surface area contributed by atoms with Gasteiger partial charge >= 0.3 is 0 Å². The van der Waals surface area contributed by atoms with Gasteiger partial charge in [-0.05, 0) is 26.0 Å². The summed E-state index contributed by atoms with van der Waals surface area (Å²) in [4.78, 5) is 9.21. The lowest BCUT2D eigenvalue weighted by Gasteiger charge is -2.13. The van der Waals surface area contributed by atoms with Crippen LogP contribution in [0.5, 0.6) is 0 Å². The molecule has 0 radical (unpaired) electrons. The topological polar surface area (TPSA) is 49.8 Å². The Bertz CT molecular complexity index is 755. The smallest absolute Gasteiger partial charge is 0.229 e. The van der Waals surface area contributed by atoms with Gasteiger partial charge in [-0.25, -0.2) is 4.98 Å². The van der Waals surface area contributed by atoms with Crippen LogP contribution in [0.1, 0.15) is 13.8 Å². The van der Waals surface area contributed by atoms with Crippen LogP contribution < -0.4 is 10.6 Å². The van der Waals surface area contributed by atoms with Crippen LogP contribution in [0.2, 0.25) is 0 Å². The number of benzene rings is 2. The highest BCUT2D eigenvalue weighted by Gasteiger charge is 2.08. The van der Waals surface area contributed by atoms with Crippen molar-refractivity contribution in [1.29, 1.82) is 0 Å². The van der Waals surface area contributed by atoms with Crippen LogP contribution in [0, 0.1) is 0 Å². The van der Waals surface area contributed by atoms with Crippen LogP contribution in [-0.2, 0) is 0 Å². The molecule has 4 heteroatoms. The van der Waals surface area contributed by atoms with Gasteiger partial charge in [0.25, 0.3) is 0 Å². The number of hydrogen-bond acceptors (Lipinski definition) is 4. The van der Waals surface area contributed by atoms with Crippen LogP contribution in [0.4, 0.5) is 17.5 Å². The molecule has 0 saturated heterocycles. The average molecular weight is 304 g/mol. The van der Waals surface area contributed by atoms with E-state index in [9.17, 15) is 0 Å². The lowest BCUT2D eigenvalue weighted by Crippen LogP contribution is -2.12. The lowest BCUT2D eigenvalue weighted by atomic mass is 10.1. The van der Waals surface area contributed by atoms with Gasteiger partial charge in [-0.15, -0.1) is 0 Å². The summed E-state index contributed by atoms with van der Waals surface area (Å²) in [6.07, 6.45) is 0. The number of anilines is 3. The molecule has 1 heterocycles. The molecule has 3 aromatic rings. The van der Waals surface area contributed by atoms with Crippen molar-refractivity contribution < 1.29 is 0 Å². The summed E-state index contributed by atoms with van der Waals surface area (Å²) >= 11 is 0. The second-order valence-corrected chi connectivity index (χ2v) is 5.62. The molecule has 0 spiro atoms. The zero-order valence-electron chi connectivity index (χ0n) is 13.3. The van der Waals surface area contributed by atoms with Gasteiger partial charge in [0, 0.05) is 23.4 Å². The number of rotatable bonds is 5. The summed E-state index contributed by atoms with van der Waals surface area (Å²) < 4.78 is 0. The normalized spacial score (nSPS) is 10.6. The number of hydrogen-bond donors (Lipinski definition) is 2. The highest BCUT2D eigenvalue weighted by atomic mass is 15.1. The minimum atomic E-state index is 0.304. The van der Waals surface area contributed by atoms with E-state index in [4.69, 9.17) is 0 Å². The summed E-state index contributed by atoms with van der Waals surface area (Å²) in [5, 5.41) is 6.62. The molecule has 3 rings (SSSR count). The maximum Gasteiger partial charge on any atom is 0.229 e. The van der Waals surface area contributed by atoms with Crippen molar-refractivity contribution in [3.8, 4) is 11.3 Å². The van der Waals surface area contributed by atoms with Gasteiger partial charge in [0.2, 0.25) is 5.95 Å². The summed E-state index contributed by atoms with van der Waals surface area (Å²) in [6.45, 7) is 4.18. The molecular weight excluding hydrogens is 284 g/mol. The molecule has 2 aromatic carbocycles. The van der Waals surface area contributed by atoms with Crippen LogP contribution in [0.25, 0.3) is 11.3 Å². The molecule has 0 saturated carbocycles. The second kappa shape index (κ2) is 6.92. The van der Waals surface area contributed by atoms with E-state index in [1.165, 1.54) is 0 Å². The third-order valence-electron chi connectivity index (χ3n) is 3.26. The molecule has 0 atom stereocenters. The Balaban J connectivity index is 1.98. The average Bonchev–Trinajstić information content (AvgIpc) is 2.56. The number of nitrogens with one attached hydrogen (secondary N) is 2. The maximum atomic E-state index is 4.64. The molecule has 4 nitrogen and oxygen atoms in total. The number of para-hydroxylation sites is 1. The first-order valence-corrected chi connectivity index (χ1v) is 7.74. The van der Waals surface area contributed by atoms with Crippen molar-refractivity contribution >= 4 is 17.5 Å². The molecule has 0 unspecified atom stereocenters. The van der Waals surface area contributed by atoms with Crippen LogP contribution in [0.3, 0.4) is 0 Å². The van der Waals surface area contributed by atoms with Crippen molar-refractivity contribution in [2.45, 2.75) is 19.9 Å². The predicted molar refractivity (Wildman–Crippen MR) is 96.0 cm³/mol. The molecule has 0 aliphatic rings. The summed E-state index contributed by atoms with van der Waals surface area (Å²) in [5.41, 5.74) is 2.92. The molecule has 0 aliphatic heterocycles. The van der Waals surface area contributed by atoms with Crippen molar-refractivity contribution in [2.75, 3.05) is 10.6 Å². The standard InChI is InChI=1S/C19H20N4/c1-14(2)20-18-13-17(15-9-5-3-6-10-15)22-19(23-18)21-16-11-7-4-8-12-16/h3-14H,1-2H3,(H2,20,21,22,23). The van der Waals surface area contributed by atoms with Crippen LogP contribution in [-0.4, -0.2) is 16.0 Å². The SMILES string of the molecule is CC(C)Nc1cc(-c2ccccc2)nc(Nc2ccccc2)n1. The first kappa shape index (κ1) is 15.0. The Morgan fingerprint density at radius 3 is 2.13 bits per heavy atom.